The van der Waals surface area contributed by atoms with E-state index in [1.165, 1.54) is 15.8 Å². The molecule has 2 heterocycles. The van der Waals surface area contributed by atoms with Gasteiger partial charge in [0, 0.05) is 28.2 Å². The highest BCUT2D eigenvalue weighted by Gasteiger charge is 2.16. The van der Waals surface area contributed by atoms with Crippen molar-refractivity contribution in [3.63, 3.8) is 0 Å². The molecular formula is C16H16N2S. The number of pyridine rings is 1. The van der Waals surface area contributed by atoms with Gasteiger partial charge in [-0.3, -0.25) is 4.98 Å². The predicted molar refractivity (Wildman–Crippen MR) is 81.5 cm³/mol. The highest BCUT2D eigenvalue weighted by atomic mass is 32.1. The zero-order valence-corrected chi connectivity index (χ0v) is 11.7. The Hall–Kier alpha value is -1.71. The Kier molecular flexibility index (Phi) is 3.32. The van der Waals surface area contributed by atoms with Crippen molar-refractivity contribution in [2.24, 2.45) is 5.73 Å². The number of benzene rings is 1. The molecule has 3 heteroatoms. The number of nitrogens with two attached hydrogens (primary N) is 1. The van der Waals surface area contributed by atoms with E-state index in [1.807, 2.05) is 24.5 Å². The maximum Gasteiger partial charge on any atom is 0.0670 e. The summed E-state index contributed by atoms with van der Waals surface area (Å²) in [6, 6.07) is 10.3. The van der Waals surface area contributed by atoms with E-state index in [9.17, 15) is 0 Å². The van der Waals surface area contributed by atoms with Gasteiger partial charge in [0.1, 0.15) is 0 Å². The van der Waals surface area contributed by atoms with Crippen LogP contribution in [0.1, 0.15) is 29.0 Å². The smallest absolute Gasteiger partial charge is 0.0670 e. The largest absolute Gasteiger partial charge is 0.320 e. The molecule has 2 aromatic heterocycles. The lowest BCUT2D eigenvalue weighted by molar-refractivity contribution is 0.876. The van der Waals surface area contributed by atoms with Crippen LogP contribution in [0.25, 0.3) is 10.8 Å². The van der Waals surface area contributed by atoms with Gasteiger partial charge in [-0.15, -0.1) is 11.3 Å². The molecule has 2 N–H and O–H groups in total. The Labute approximate surface area is 116 Å². The number of aromatic nitrogens is 1. The van der Waals surface area contributed by atoms with Crippen LogP contribution in [0.4, 0.5) is 0 Å². The Morgan fingerprint density at radius 3 is 2.89 bits per heavy atom. The molecule has 3 rings (SSSR count). The van der Waals surface area contributed by atoms with Gasteiger partial charge >= 0.3 is 0 Å². The minimum Gasteiger partial charge on any atom is -0.320 e. The van der Waals surface area contributed by atoms with Crippen molar-refractivity contribution in [3.8, 4) is 0 Å². The van der Waals surface area contributed by atoms with Crippen LogP contribution in [0.2, 0.25) is 0 Å². The van der Waals surface area contributed by atoms with Crippen molar-refractivity contribution in [2.75, 3.05) is 0 Å². The van der Waals surface area contributed by atoms with Gasteiger partial charge in [0.25, 0.3) is 0 Å². The average Bonchev–Trinajstić information content (AvgIpc) is 2.94. The fourth-order valence-electron chi connectivity index (χ4n) is 2.44. The van der Waals surface area contributed by atoms with Gasteiger partial charge in [-0.1, -0.05) is 31.2 Å². The maximum absolute atomic E-state index is 6.47. The average molecular weight is 268 g/mol. The lowest BCUT2D eigenvalue weighted by atomic mass is 9.99. The van der Waals surface area contributed by atoms with E-state index in [4.69, 9.17) is 5.73 Å². The van der Waals surface area contributed by atoms with Gasteiger partial charge in [-0.2, -0.15) is 0 Å². The molecule has 1 unspecified atom stereocenters. The first-order valence-electron chi connectivity index (χ1n) is 6.45. The minimum atomic E-state index is -0.0893. The normalized spacial score (nSPS) is 12.7. The number of aryl methyl sites for hydroxylation is 1. The van der Waals surface area contributed by atoms with Crippen LogP contribution in [-0.4, -0.2) is 4.98 Å². The van der Waals surface area contributed by atoms with Gasteiger partial charge in [0.2, 0.25) is 0 Å². The highest BCUT2D eigenvalue weighted by Crippen LogP contribution is 2.31. The van der Waals surface area contributed by atoms with Crippen molar-refractivity contribution in [3.05, 3.63) is 64.1 Å². The molecular weight excluding hydrogens is 252 g/mol. The molecule has 96 valence electrons. The number of hydrogen-bond donors (Lipinski definition) is 1. The van der Waals surface area contributed by atoms with Crippen LogP contribution in [0.15, 0.2) is 48.1 Å². The van der Waals surface area contributed by atoms with E-state index in [-0.39, 0.29) is 6.04 Å². The number of nitrogens with zero attached hydrogens (tertiary/aromatic N) is 1. The number of rotatable bonds is 3. The predicted octanol–water partition coefficient (Wildman–Crippen LogP) is 3.91. The Balaban J connectivity index is 2.14. The fourth-order valence-corrected chi connectivity index (χ4v) is 3.46. The van der Waals surface area contributed by atoms with Crippen LogP contribution in [0.5, 0.6) is 0 Å². The van der Waals surface area contributed by atoms with Crippen LogP contribution < -0.4 is 5.73 Å². The quantitative estimate of drug-likeness (QED) is 0.782. The third-order valence-electron chi connectivity index (χ3n) is 3.48. The summed E-state index contributed by atoms with van der Waals surface area (Å²) < 4.78 is 0. The number of thiophene rings is 1. The summed E-state index contributed by atoms with van der Waals surface area (Å²) in [5.74, 6) is 0. The molecule has 2 nitrogen and oxygen atoms in total. The summed E-state index contributed by atoms with van der Waals surface area (Å²) in [4.78, 5) is 5.57. The molecule has 0 fully saturated rings. The third-order valence-corrected chi connectivity index (χ3v) is 4.52. The molecule has 19 heavy (non-hydrogen) atoms. The van der Waals surface area contributed by atoms with Gasteiger partial charge < -0.3 is 5.73 Å². The first kappa shape index (κ1) is 12.3. The second-order valence-electron chi connectivity index (χ2n) is 4.59. The van der Waals surface area contributed by atoms with E-state index in [0.717, 1.165) is 17.4 Å². The van der Waals surface area contributed by atoms with E-state index in [2.05, 4.69) is 35.5 Å². The molecule has 1 atom stereocenters. The zero-order valence-electron chi connectivity index (χ0n) is 10.8. The molecule has 0 aliphatic heterocycles. The lowest BCUT2D eigenvalue weighted by Gasteiger charge is -2.14. The molecule has 0 amide bonds. The topological polar surface area (TPSA) is 38.9 Å². The van der Waals surface area contributed by atoms with Crippen molar-refractivity contribution < 1.29 is 0 Å². The molecule has 3 aromatic rings. The number of fused-ring (bicyclic) bond motifs is 1. The standard InChI is InChI=1S/C16H16N2S/c1-2-11-7-8-19-16(11)15(17)14-10-18-9-12-5-3-4-6-13(12)14/h3-10,15H,2,17H2,1H3. The van der Waals surface area contributed by atoms with Crippen LogP contribution in [0.3, 0.4) is 0 Å². The monoisotopic (exact) mass is 268 g/mol. The van der Waals surface area contributed by atoms with Crippen molar-refractivity contribution >= 4 is 22.1 Å². The Morgan fingerprint density at radius 1 is 1.21 bits per heavy atom. The van der Waals surface area contributed by atoms with Crippen LogP contribution in [0, 0.1) is 0 Å². The van der Waals surface area contributed by atoms with Crippen LogP contribution >= 0.6 is 11.3 Å². The molecule has 0 spiro atoms. The first-order valence-corrected chi connectivity index (χ1v) is 7.33. The second-order valence-corrected chi connectivity index (χ2v) is 5.54. The molecule has 1 aromatic carbocycles. The molecule has 0 radical (unpaired) electrons. The van der Waals surface area contributed by atoms with Gasteiger partial charge in [0.15, 0.2) is 0 Å². The fraction of sp³-hybridized carbons (Fsp3) is 0.188. The number of hydrogen-bond acceptors (Lipinski definition) is 3. The van der Waals surface area contributed by atoms with Crippen molar-refractivity contribution in [2.45, 2.75) is 19.4 Å². The van der Waals surface area contributed by atoms with E-state index in [1.54, 1.807) is 11.3 Å². The van der Waals surface area contributed by atoms with Crippen molar-refractivity contribution in [1.29, 1.82) is 0 Å². The first-order chi connectivity index (χ1) is 9.31. The highest BCUT2D eigenvalue weighted by molar-refractivity contribution is 7.10. The van der Waals surface area contributed by atoms with Crippen LogP contribution in [-0.2, 0) is 6.42 Å². The maximum atomic E-state index is 6.47. The van der Waals surface area contributed by atoms with E-state index >= 15 is 0 Å². The summed E-state index contributed by atoms with van der Waals surface area (Å²) in [5, 5.41) is 4.46. The third kappa shape index (κ3) is 2.15. The summed E-state index contributed by atoms with van der Waals surface area (Å²) in [7, 11) is 0. The summed E-state index contributed by atoms with van der Waals surface area (Å²) in [6.07, 6.45) is 4.80. The Morgan fingerprint density at radius 2 is 2.05 bits per heavy atom. The summed E-state index contributed by atoms with van der Waals surface area (Å²) in [6.45, 7) is 2.17. The van der Waals surface area contributed by atoms with Gasteiger partial charge in [0.05, 0.1) is 6.04 Å². The second kappa shape index (κ2) is 5.11. The van der Waals surface area contributed by atoms with Gasteiger partial charge in [-0.25, -0.2) is 0 Å². The van der Waals surface area contributed by atoms with E-state index in [0.29, 0.717) is 0 Å². The Bertz CT molecular complexity index is 697. The molecule has 0 saturated heterocycles. The molecule has 0 bridgehead atoms. The SMILES string of the molecule is CCc1ccsc1C(N)c1cncc2ccccc12. The van der Waals surface area contributed by atoms with E-state index < -0.39 is 0 Å². The molecule has 0 saturated carbocycles. The zero-order chi connectivity index (χ0) is 13.2. The van der Waals surface area contributed by atoms with Gasteiger partial charge in [-0.05, 0) is 28.8 Å². The molecule has 0 aliphatic rings. The summed E-state index contributed by atoms with van der Waals surface area (Å²) >= 11 is 1.73. The lowest BCUT2D eigenvalue weighted by Crippen LogP contribution is -2.12. The van der Waals surface area contributed by atoms with Crippen molar-refractivity contribution in [1.82, 2.24) is 4.98 Å². The summed E-state index contributed by atoms with van der Waals surface area (Å²) in [5.41, 5.74) is 8.92. The molecule has 0 aliphatic carbocycles. The minimum absolute atomic E-state index is 0.0893.